The minimum Gasteiger partial charge on any atom is -0.508 e. The zero-order chi connectivity index (χ0) is 14.3. The average Bonchev–Trinajstić information content (AvgIpc) is 2.38. The van der Waals surface area contributed by atoms with Crippen molar-refractivity contribution in [3.05, 3.63) is 23.8 Å². The normalized spacial score (nSPS) is 12.1. The van der Waals surface area contributed by atoms with E-state index in [9.17, 15) is 9.90 Å². The highest BCUT2D eigenvalue weighted by Gasteiger charge is 2.15. The summed E-state index contributed by atoms with van der Waals surface area (Å²) in [5, 5.41) is 18.7. The third-order valence-electron chi connectivity index (χ3n) is 3.19. The van der Waals surface area contributed by atoms with Gasteiger partial charge in [-0.25, -0.2) is 4.79 Å². The molecule has 0 saturated heterocycles. The Morgan fingerprint density at radius 3 is 2.63 bits per heavy atom. The van der Waals surface area contributed by atoms with Gasteiger partial charge in [0.15, 0.2) is 0 Å². The Morgan fingerprint density at radius 1 is 1.32 bits per heavy atom. The lowest BCUT2D eigenvalue weighted by atomic mass is 10.0. The summed E-state index contributed by atoms with van der Waals surface area (Å²) in [6, 6.07) is 3.84. The molecule has 1 rings (SSSR count). The number of aromatic hydroxyl groups is 2. The molecular weight excluding hydrogens is 244 g/mol. The lowest BCUT2D eigenvalue weighted by Gasteiger charge is -2.14. The molecule has 4 nitrogen and oxygen atoms in total. The molecule has 1 atom stereocenters. The van der Waals surface area contributed by atoms with Crippen LogP contribution in [-0.4, -0.2) is 22.8 Å². The summed E-state index contributed by atoms with van der Waals surface area (Å²) in [6.07, 6.45) is 4.26. The number of phenols is 2. The van der Waals surface area contributed by atoms with Gasteiger partial charge in [0, 0.05) is 6.07 Å². The van der Waals surface area contributed by atoms with Crippen molar-refractivity contribution in [2.24, 2.45) is 5.92 Å². The van der Waals surface area contributed by atoms with Gasteiger partial charge in [0.1, 0.15) is 17.1 Å². The van der Waals surface area contributed by atoms with Gasteiger partial charge in [0.2, 0.25) is 0 Å². The summed E-state index contributed by atoms with van der Waals surface area (Å²) in [6.45, 7) is 4.58. The average molecular weight is 266 g/mol. The fourth-order valence-electron chi connectivity index (χ4n) is 1.86. The molecular formula is C15H22O4. The molecule has 2 N–H and O–H groups in total. The Labute approximate surface area is 114 Å². The molecule has 0 heterocycles. The number of hydrogen-bond donors (Lipinski definition) is 2. The standard InChI is InChI=1S/C15H22O4/c1-3-5-6-11(4-2)10-19-15(18)13-8-7-12(16)9-14(13)17/h7-9,11,16-17H,3-6,10H2,1-2H3. The Hall–Kier alpha value is -1.71. The smallest absolute Gasteiger partial charge is 0.341 e. The van der Waals surface area contributed by atoms with E-state index in [1.54, 1.807) is 0 Å². The van der Waals surface area contributed by atoms with Crippen LogP contribution in [0, 0.1) is 5.92 Å². The first kappa shape index (κ1) is 15.3. The number of ether oxygens (including phenoxy) is 1. The van der Waals surface area contributed by atoms with Crippen LogP contribution in [0.2, 0.25) is 0 Å². The first-order valence-electron chi connectivity index (χ1n) is 6.77. The van der Waals surface area contributed by atoms with E-state index in [1.165, 1.54) is 12.1 Å². The van der Waals surface area contributed by atoms with Crippen LogP contribution >= 0.6 is 0 Å². The maximum Gasteiger partial charge on any atom is 0.341 e. The van der Waals surface area contributed by atoms with E-state index in [0.29, 0.717) is 12.5 Å². The molecule has 0 aromatic heterocycles. The molecule has 1 aromatic rings. The summed E-state index contributed by atoms with van der Waals surface area (Å²) < 4.78 is 5.22. The van der Waals surface area contributed by atoms with Gasteiger partial charge in [0.05, 0.1) is 6.61 Å². The molecule has 0 spiro atoms. The number of hydrogen-bond acceptors (Lipinski definition) is 4. The van der Waals surface area contributed by atoms with E-state index in [4.69, 9.17) is 9.84 Å². The van der Waals surface area contributed by atoms with Crippen LogP contribution in [0.15, 0.2) is 18.2 Å². The Morgan fingerprint density at radius 2 is 2.05 bits per heavy atom. The second-order valence-corrected chi connectivity index (χ2v) is 4.72. The van der Waals surface area contributed by atoms with Gasteiger partial charge in [-0.3, -0.25) is 0 Å². The highest BCUT2D eigenvalue weighted by Crippen LogP contribution is 2.23. The molecule has 1 aromatic carbocycles. The Bertz CT molecular complexity index is 415. The van der Waals surface area contributed by atoms with Crippen LogP contribution in [0.25, 0.3) is 0 Å². The minimum absolute atomic E-state index is 0.0802. The number of benzene rings is 1. The van der Waals surface area contributed by atoms with E-state index in [1.807, 2.05) is 0 Å². The van der Waals surface area contributed by atoms with E-state index in [2.05, 4.69) is 13.8 Å². The maximum absolute atomic E-state index is 11.8. The van der Waals surface area contributed by atoms with Gasteiger partial charge in [0.25, 0.3) is 0 Å². The van der Waals surface area contributed by atoms with Crippen molar-refractivity contribution in [3.63, 3.8) is 0 Å². The first-order chi connectivity index (χ1) is 9.08. The molecule has 0 aliphatic heterocycles. The SMILES string of the molecule is CCCCC(CC)COC(=O)c1ccc(O)cc1O. The fourth-order valence-corrected chi connectivity index (χ4v) is 1.86. The van der Waals surface area contributed by atoms with Crippen molar-refractivity contribution in [3.8, 4) is 11.5 Å². The third kappa shape index (κ3) is 4.81. The first-order valence-corrected chi connectivity index (χ1v) is 6.77. The van der Waals surface area contributed by atoms with E-state index < -0.39 is 5.97 Å². The van der Waals surface area contributed by atoms with Crippen molar-refractivity contribution in [1.29, 1.82) is 0 Å². The Kier molecular flexibility index (Phi) is 6.19. The quantitative estimate of drug-likeness (QED) is 0.741. The van der Waals surface area contributed by atoms with Crippen LogP contribution < -0.4 is 0 Å². The van der Waals surface area contributed by atoms with Gasteiger partial charge in [-0.15, -0.1) is 0 Å². The molecule has 0 fully saturated rings. The monoisotopic (exact) mass is 266 g/mol. The molecule has 0 aliphatic rings. The van der Waals surface area contributed by atoms with Gasteiger partial charge < -0.3 is 14.9 Å². The largest absolute Gasteiger partial charge is 0.508 e. The molecule has 4 heteroatoms. The number of rotatable bonds is 7. The molecule has 0 saturated carbocycles. The highest BCUT2D eigenvalue weighted by molar-refractivity contribution is 5.92. The van der Waals surface area contributed by atoms with Crippen LogP contribution in [-0.2, 0) is 4.74 Å². The van der Waals surface area contributed by atoms with Crippen LogP contribution in [0.3, 0.4) is 0 Å². The lowest BCUT2D eigenvalue weighted by Crippen LogP contribution is -2.14. The van der Waals surface area contributed by atoms with Gasteiger partial charge >= 0.3 is 5.97 Å². The summed E-state index contributed by atoms with van der Waals surface area (Å²) >= 11 is 0. The second kappa shape index (κ2) is 7.67. The predicted octanol–water partition coefficient (Wildman–Crippen LogP) is 3.47. The number of phenolic OH excluding ortho intramolecular Hbond substituents is 2. The summed E-state index contributed by atoms with van der Waals surface area (Å²) in [5.41, 5.74) is 0.0862. The van der Waals surface area contributed by atoms with E-state index in [0.717, 1.165) is 31.7 Å². The van der Waals surface area contributed by atoms with Crippen molar-refractivity contribution in [1.82, 2.24) is 0 Å². The highest BCUT2D eigenvalue weighted by atomic mass is 16.5. The second-order valence-electron chi connectivity index (χ2n) is 4.72. The zero-order valence-electron chi connectivity index (χ0n) is 11.6. The van der Waals surface area contributed by atoms with E-state index in [-0.39, 0.29) is 17.1 Å². The zero-order valence-corrected chi connectivity index (χ0v) is 11.6. The number of esters is 1. The van der Waals surface area contributed by atoms with Crippen molar-refractivity contribution >= 4 is 5.97 Å². The Balaban J connectivity index is 2.54. The number of carbonyl (C=O) groups is 1. The van der Waals surface area contributed by atoms with Crippen LogP contribution in [0.1, 0.15) is 49.9 Å². The summed E-state index contributed by atoms with van der Waals surface area (Å²) in [4.78, 5) is 11.8. The van der Waals surface area contributed by atoms with Crippen molar-refractivity contribution in [2.45, 2.75) is 39.5 Å². The number of carbonyl (C=O) groups excluding carboxylic acids is 1. The van der Waals surface area contributed by atoms with Crippen LogP contribution in [0.4, 0.5) is 0 Å². The maximum atomic E-state index is 11.8. The fraction of sp³-hybridized carbons (Fsp3) is 0.533. The van der Waals surface area contributed by atoms with Crippen LogP contribution in [0.5, 0.6) is 11.5 Å². The molecule has 1 unspecified atom stereocenters. The molecule has 0 amide bonds. The molecule has 0 radical (unpaired) electrons. The van der Waals surface area contributed by atoms with Gasteiger partial charge in [-0.2, -0.15) is 0 Å². The van der Waals surface area contributed by atoms with Gasteiger partial charge in [-0.1, -0.05) is 33.1 Å². The molecule has 0 bridgehead atoms. The molecule has 0 aliphatic carbocycles. The predicted molar refractivity (Wildman–Crippen MR) is 73.4 cm³/mol. The number of unbranched alkanes of at least 4 members (excludes halogenated alkanes) is 1. The van der Waals surface area contributed by atoms with Gasteiger partial charge in [-0.05, 0) is 24.5 Å². The van der Waals surface area contributed by atoms with Crippen molar-refractivity contribution in [2.75, 3.05) is 6.61 Å². The van der Waals surface area contributed by atoms with E-state index >= 15 is 0 Å². The molecule has 19 heavy (non-hydrogen) atoms. The summed E-state index contributed by atoms with van der Waals surface area (Å²) in [5.74, 6) is -0.523. The topological polar surface area (TPSA) is 66.8 Å². The third-order valence-corrected chi connectivity index (χ3v) is 3.19. The molecule has 106 valence electrons. The lowest BCUT2D eigenvalue weighted by molar-refractivity contribution is 0.0425. The van der Waals surface area contributed by atoms with Crippen molar-refractivity contribution < 1.29 is 19.7 Å². The summed E-state index contributed by atoms with van der Waals surface area (Å²) in [7, 11) is 0. The minimum atomic E-state index is -0.549.